The number of rotatable bonds is 2. The van der Waals surface area contributed by atoms with E-state index in [0.717, 1.165) is 25.7 Å². The Kier molecular flexibility index (Phi) is 4.60. The zero-order valence-electron chi connectivity index (χ0n) is 10.00. The normalized spacial score (nSPS) is 23.9. The van der Waals surface area contributed by atoms with Crippen LogP contribution in [0.25, 0.3) is 0 Å². The molecule has 0 spiro atoms. The molecule has 0 bridgehead atoms. The second-order valence-corrected chi connectivity index (χ2v) is 5.22. The van der Waals surface area contributed by atoms with Crippen LogP contribution in [-0.4, -0.2) is 11.2 Å². The van der Waals surface area contributed by atoms with Crippen LogP contribution >= 0.6 is 0 Å². The third kappa shape index (κ3) is 2.95. The summed E-state index contributed by atoms with van der Waals surface area (Å²) in [5.41, 5.74) is -0.464. The van der Waals surface area contributed by atoms with Gasteiger partial charge in [-0.2, -0.15) is 5.26 Å². The summed E-state index contributed by atoms with van der Waals surface area (Å²) in [5.74, 6) is 0.184. The fraction of sp³-hybridized carbons (Fsp3) is 0.923. The maximum atomic E-state index is 10.2. The van der Waals surface area contributed by atoms with Crippen LogP contribution in [0.4, 0.5) is 0 Å². The van der Waals surface area contributed by atoms with Crippen LogP contribution in [0.15, 0.2) is 0 Å². The lowest BCUT2D eigenvalue weighted by molar-refractivity contribution is 0.00966. The molecule has 1 rings (SSSR count). The minimum atomic E-state index is -0.464. The van der Waals surface area contributed by atoms with Gasteiger partial charge >= 0.3 is 0 Å². The first-order valence-electron chi connectivity index (χ1n) is 6.22. The van der Waals surface area contributed by atoms with Crippen molar-refractivity contribution in [1.82, 2.24) is 0 Å². The van der Waals surface area contributed by atoms with E-state index in [1.807, 2.05) is 13.8 Å². The minimum Gasteiger partial charge on any atom is -0.391 e. The van der Waals surface area contributed by atoms with Crippen molar-refractivity contribution in [3.8, 4) is 6.07 Å². The average Bonchev–Trinajstić information content (AvgIpc) is 2.17. The molecule has 1 atom stereocenters. The quantitative estimate of drug-likeness (QED) is 0.758. The molecule has 86 valence electrons. The molecule has 1 unspecified atom stereocenters. The lowest BCUT2D eigenvalue weighted by atomic mass is 9.70. The topological polar surface area (TPSA) is 44.0 Å². The van der Waals surface area contributed by atoms with Crippen molar-refractivity contribution in [2.75, 3.05) is 0 Å². The molecular weight excluding hydrogens is 186 g/mol. The second kappa shape index (κ2) is 5.51. The highest BCUT2D eigenvalue weighted by molar-refractivity contribution is 5.04. The van der Waals surface area contributed by atoms with Crippen molar-refractivity contribution >= 4 is 0 Å². The Morgan fingerprint density at radius 1 is 1.07 bits per heavy atom. The van der Waals surface area contributed by atoms with E-state index >= 15 is 0 Å². The van der Waals surface area contributed by atoms with Gasteiger partial charge in [0.2, 0.25) is 0 Å². The lowest BCUT2D eigenvalue weighted by Crippen LogP contribution is -2.38. The van der Waals surface area contributed by atoms with Gasteiger partial charge in [-0.25, -0.2) is 0 Å². The first-order valence-corrected chi connectivity index (χ1v) is 6.22. The van der Waals surface area contributed by atoms with Gasteiger partial charge in [-0.3, -0.25) is 0 Å². The van der Waals surface area contributed by atoms with Gasteiger partial charge in [0.05, 0.1) is 17.6 Å². The number of hydrogen-bond donors (Lipinski definition) is 1. The van der Waals surface area contributed by atoms with Gasteiger partial charge < -0.3 is 5.11 Å². The molecule has 0 aliphatic heterocycles. The predicted molar refractivity (Wildman–Crippen MR) is 61.2 cm³/mol. The Balaban J connectivity index is 2.75. The second-order valence-electron chi connectivity index (χ2n) is 5.22. The Bertz CT molecular complexity index is 221. The van der Waals surface area contributed by atoms with Crippen molar-refractivity contribution in [2.45, 2.75) is 64.9 Å². The Labute approximate surface area is 93.3 Å². The van der Waals surface area contributed by atoms with E-state index in [-0.39, 0.29) is 5.92 Å². The summed E-state index contributed by atoms with van der Waals surface area (Å²) in [7, 11) is 0. The third-order valence-corrected chi connectivity index (χ3v) is 3.67. The molecule has 1 saturated carbocycles. The van der Waals surface area contributed by atoms with Crippen LogP contribution in [0, 0.1) is 22.7 Å². The number of hydrogen-bond acceptors (Lipinski definition) is 2. The van der Waals surface area contributed by atoms with Crippen molar-refractivity contribution < 1.29 is 5.11 Å². The monoisotopic (exact) mass is 209 g/mol. The van der Waals surface area contributed by atoms with Gasteiger partial charge in [0.1, 0.15) is 0 Å². The molecule has 0 aromatic heterocycles. The molecule has 0 heterocycles. The smallest absolute Gasteiger partial charge is 0.0834 e. The number of aliphatic hydroxyl groups excluding tert-OH is 1. The number of nitriles is 1. The van der Waals surface area contributed by atoms with E-state index in [2.05, 4.69) is 6.07 Å². The fourth-order valence-corrected chi connectivity index (χ4v) is 2.65. The Morgan fingerprint density at radius 2 is 1.53 bits per heavy atom. The highest BCUT2D eigenvalue weighted by Crippen LogP contribution is 2.39. The van der Waals surface area contributed by atoms with Gasteiger partial charge in [-0.05, 0) is 18.8 Å². The van der Waals surface area contributed by atoms with E-state index < -0.39 is 11.5 Å². The largest absolute Gasteiger partial charge is 0.391 e. The molecule has 0 amide bonds. The summed E-state index contributed by atoms with van der Waals surface area (Å²) < 4.78 is 0. The summed E-state index contributed by atoms with van der Waals surface area (Å²) in [5, 5.41) is 19.6. The molecule has 0 saturated heterocycles. The van der Waals surface area contributed by atoms with Gasteiger partial charge in [0.25, 0.3) is 0 Å². The predicted octanol–water partition coefficient (Wildman–Crippen LogP) is 3.26. The highest BCUT2D eigenvalue weighted by atomic mass is 16.3. The molecular formula is C13H23NO. The molecule has 0 aromatic rings. The molecule has 1 aliphatic carbocycles. The van der Waals surface area contributed by atoms with Gasteiger partial charge in [0, 0.05) is 0 Å². The standard InChI is InChI=1S/C13H23NO/c1-11(2)12(15)13(10-14)8-6-4-3-5-7-9-13/h11-12,15H,3-9H2,1-2H3. The van der Waals surface area contributed by atoms with E-state index in [0.29, 0.717) is 0 Å². The first-order chi connectivity index (χ1) is 7.12. The third-order valence-electron chi connectivity index (χ3n) is 3.67. The van der Waals surface area contributed by atoms with Crippen LogP contribution in [0.2, 0.25) is 0 Å². The minimum absolute atomic E-state index is 0.184. The molecule has 0 aromatic carbocycles. The fourth-order valence-electron chi connectivity index (χ4n) is 2.65. The Morgan fingerprint density at radius 3 is 1.93 bits per heavy atom. The number of aliphatic hydroxyl groups is 1. The maximum Gasteiger partial charge on any atom is 0.0834 e. The van der Waals surface area contributed by atoms with Crippen LogP contribution in [-0.2, 0) is 0 Å². The molecule has 0 radical (unpaired) electrons. The summed E-state index contributed by atoms with van der Waals surface area (Å²) >= 11 is 0. The molecule has 15 heavy (non-hydrogen) atoms. The molecule has 2 nitrogen and oxygen atoms in total. The van der Waals surface area contributed by atoms with Crippen LogP contribution in [0.1, 0.15) is 58.8 Å². The SMILES string of the molecule is CC(C)C(O)C1(C#N)CCCCCCC1. The van der Waals surface area contributed by atoms with E-state index in [1.54, 1.807) is 0 Å². The summed E-state index contributed by atoms with van der Waals surface area (Å²) in [6, 6.07) is 2.42. The molecule has 1 aliphatic rings. The van der Waals surface area contributed by atoms with Gasteiger partial charge in [0.15, 0.2) is 0 Å². The zero-order chi connectivity index (χ0) is 11.3. The van der Waals surface area contributed by atoms with Crippen molar-refractivity contribution in [3.05, 3.63) is 0 Å². The maximum absolute atomic E-state index is 10.2. The van der Waals surface area contributed by atoms with Gasteiger partial charge in [-0.1, -0.05) is 46.0 Å². The molecule has 2 heteroatoms. The van der Waals surface area contributed by atoms with Crippen molar-refractivity contribution in [3.63, 3.8) is 0 Å². The average molecular weight is 209 g/mol. The van der Waals surface area contributed by atoms with Crippen LogP contribution in [0.3, 0.4) is 0 Å². The molecule has 1 fully saturated rings. The van der Waals surface area contributed by atoms with Crippen LogP contribution in [0.5, 0.6) is 0 Å². The van der Waals surface area contributed by atoms with E-state index in [1.165, 1.54) is 19.3 Å². The molecule has 1 N–H and O–H groups in total. The Hall–Kier alpha value is -0.550. The van der Waals surface area contributed by atoms with Crippen molar-refractivity contribution in [1.29, 1.82) is 5.26 Å². The van der Waals surface area contributed by atoms with Crippen molar-refractivity contribution in [2.24, 2.45) is 11.3 Å². The zero-order valence-corrected chi connectivity index (χ0v) is 10.00. The van der Waals surface area contributed by atoms with Crippen LogP contribution < -0.4 is 0 Å². The van der Waals surface area contributed by atoms with Gasteiger partial charge in [-0.15, -0.1) is 0 Å². The summed E-state index contributed by atoms with van der Waals surface area (Å²) in [4.78, 5) is 0. The summed E-state index contributed by atoms with van der Waals surface area (Å²) in [6.07, 6.45) is 7.21. The number of nitrogens with zero attached hydrogens (tertiary/aromatic N) is 1. The lowest BCUT2D eigenvalue weighted by Gasteiger charge is -2.35. The summed E-state index contributed by atoms with van der Waals surface area (Å²) in [6.45, 7) is 4.01. The first kappa shape index (κ1) is 12.5. The highest BCUT2D eigenvalue weighted by Gasteiger charge is 2.39. The van der Waals surface area contributed by atoms with E-state index in [9.17, 15) is 10.4 Å². The van der Waals surface area contributed by atoms with E-state index in [4.69, 9.17) is 0 Å².